The van der Waals surface area contributed by atoms with E-state index in [1.807, 2.05) is 0 Å². The molecule has 2 heterocycles. The molecule has 0 amide bonds. The quantitative estimate of drug-likeness (QED) is 0.806. The highest BCUT2D eigenvalue weighted by atomic mass is 15.3. The monoisotopic (exact) mass is 237 g/mol. The minimum atomic E-state index is 0.383. The van der Waals surface area contributed by atoms with Gasteiger partial charge in [-0.1, -0.05) is 12.8 Å². The van der Waals surface area contributed by atoms with Crippen LogP contribution in [0.4, 0.5) is 0 Å². The highest BCUT2D eigenvalue weighted by Crippen LogP contribution is 2.37. The van der Waals surface area contributed by atoms with Gasteiger partial charge in [0.25, 0.3) is 0 Å². The number of hydrogen-bond acceptors (Lipinski definition) is 3. The number of hydrogen-bond donors (Lipinski definition) is 1. The van der Waals surface area contributed by atoms with E-state index >= 15 is 0 Å². The van der Waals surface area contributed by atoms with Gasteiger partial charge in [-0.15, -0.1) is 0 Å². The molecule has 1 atom stereocenters. The zero-order chi connectivity index (χ0) is 11.7. The lowest BCUT2D eigenvalue weighted by Crippen LogP contribution is -2.51. The molecule has 3 fully saturated rings. The molecule has 1 unspecified atom stereocenters. The fourth-order valence-corrected chi connectivity index (χ4v) is 4.26. The molecule has 3 aliphatic rings. The molecule has 2 aliphatic heterocycles. The second-order valence-corrected chi connectivity index (χ2v) is 6.27. The summed E-state index contributed by atoms with van der Waals surface area (Å²) in [5.74, 6) is 0. The number of nitrogens with two attached hydrogens (primary N) is 1. The molecule has 3 heteroatoms. The summed E-state index contributed by atoms with van der Waals surface area (Å²) in [7, 11) is 0. The van der Waals surface area contributed by atoms with Crippen LogP contribution in [0.1, 0.15) is 44.9 Å². The maximum Gasteiger partial charge on any atom is 0.0332 e. The van der Waals surface area contributed by atoms with Crippen molar-refractivity contribution in [3.63, 3.8) is 0 Å². The SMILES string of the molecule is NCC1(N2CCC(N3CCCC3)C2)CCCC1. The van der Waals surface area contributed by atoms with Crippen molar-refractivity contribution in [1.29, 1.82) is 0 Å². The normalized spacial score (nSPS) is 34.8. The molecule has 0 aromatic rings. The first-order chi connectivity index (χ1) is 8.34. The van der Waals surface area contributed by atoms with Gasteiger partial charge >= 0.3 is 0 Å². The van der Waals surface area contributed by atoms with Crippen LogP contribution in [0.5, 0.6) is 0 Å². The van der Waals surface area contributed by atoms with Gasteiger partial charge in [-0.05, 0) is 45.2 Å². The second-order valence-electron chi connectivity index (χ2n) is 6.27. The van der Waals surface area contributed by atoms with Gasteiger partial charge in [-0.2, -0.15) is 0 Å². The molecule has 0 radical (unpaired) electrons. The van der Waals surface area contributed by atoms with Gasteiger partial charge in [-0.3, -0.25) is 9.80 Å². The molecular weight excluding hydrogens is 210 g/mol. The summed E-state index contributed by atoms with van der Waals surface area (Å²) in [6.45, 7) is 6.14. The first-order valence-corrected chi connectivity index (χ1v) is 7.53. The van der Waals surface area contributed by atoms with Crippen molar-refractivity contribution in [3.8, 4) is 0 Å². The third kappa shape index (κ3) is 2.13. The molecule has 0 aromatic heterocycles. The van der Waals surface area contributed by atoms with Crippen LogP contribution in [-0.4, -0.2) is 54.1 Å². The molecule has 3 nitrogen and oxygen atoms in total. The lowest BCUT2D eigenvalue weighted by Gasteiger charge is -2.38. The van der Waals surface area contributed by atoms with E-state index in [-0.39, 0.29) is 0 Å². The predicted molar refractivity (Wildman–Crippen MR) is 71.0 cm³/mol. The van der Waals surface area contributed by atoms with Gasteiger partial charge in [-0.25, -0.2) is 0 Å². The zero-order valence-electron chi connectivity index (χ0n) is 11.0. The smallest absolute Gasteiger partial charge is 0.0332 e. The Morgan fingerprint density at radius 3 is 2.35 bits per heavy atom. The average molecular weight is 237 g/mol. The van der Waals surface area contributed by atoms with Crippen molar-refractivity contribution in [3.05, 3.63) is 0 Å². The first-order valence-electron chi connectivity index (χ1n) is 7.53. The van der Waals surface area contributed by atoms with Crippen LogP contribution in [0, 0.1) is 0 Å². The Morgan fingerprint density at radius 1 is 1.00 bits per heavy atom. The standard InChI is InChI=1S/C14H27N3/c15-12-14(6-1-2-7-14)17-10-5-13(11-17)16-8-3-4-9-16/h13H,1-12,15H2. The lowest BCUT2D eigenvalue weighted by molar-refractivity contribution is 0.116. The lowest BCUT2D eigenvalue weighted by atomic mass is 9.96. The fourth-order valence-electron chi connectivity index (χ4n) is 4.26. The van der Waals surface area contributed by atoms with E-state index in [1.54, 1.807) is 0 Å². The number of rotatable bonds is 3. The molecule has 2 saturated heterocycles. The Hall–Kier alpha value is -0.120. The summed E-state index contributed by atoms with van der Waals surface area (Å²) in [5, 5.41) is 0. The van der Waals surface area contributed by atoms with E-state index in [1.165, 1.54) is 71.1 Å². The molecule has 0 bridgehead atoms. The predicted octanol–water partition coefficient (Wildman–Crippen LogP) is 1.43. The van der Waals surface area contributed by atoms with Crippen molar-refractivity contribution in [1.82, 2.24) is 9.80 Å². The van der Waals surface area contributed by atoms with Crippen molar-refractivity contribution in [2.75, 3.05) is 32.7 Å². The van der Waals surface area contributed by atoms with E-state index in [0.29, 0.717) is 5.54 Å². The van der Waals surface area contributed by atoms with E-state index in [0.717, 1.165) is 12.6 Å². The van der Waals surface area contributed by atoms with Crippen LogP contribution < -0.4 is 5.73 Å². The fraction of sp³-hybridized carbons (Fsp3) is 1.00. The number of nitrogens with zero attached hydrogens (tertiary/aromatic N) is 2. The Bertz CT molecular complexity index is 254. The van der Waals surface area contributed by atoms with E-state index < -0.39 is 0 Å². The topological polar surface area (TPSA) is 32.5 Å². The summed E-state index contributed by atoms with van der Waals surface area (Å²) in [6, 6.07) is 0.835. The Balaban J connectivity index is 1.62. The number of likely N-dealkylation sites (tertiary alicyclic amines) is 2. The van der Waals surface area contributed by atoms with Gasteiger partial charge < -0.3 is 5.73 Å². The highest BCUT2D eigenvalue weighted by molar-refractivity contribution is 5.00. The molecule has 0 aromatic carbocycles. The first kappa shape index (κ1) is 11.9. The molecule has 0 spiro atoms. The van der Waals surface area contributed by atoms with Crippen LogP contribution >= 0.6 is 0 Å². The molecule has 17 heavy (non-hydrogen) atoms. The molecule has 98 valence electrons. The van der Waals surface area contributed by atoms with Crippen LogP contribution in [0.3, 0.4) is 0 Å². The third-order valence-corrected chi connectivity index (χ3v) is 5.41. The van der Waals surface area contributed by atoms with Gasteiger partial charge in [0.2, 0.25) is 0 Å². The van der Waals surface area contributed by atoms with Crippen molar-refractivity contribution in [2.45, 2.75) is 56.5 Å². The van der Waals surface area contributed by atoms with Gasteiger partial charge in [0.15, 0.2) is 0 Å². The van der Waals surface area contributed by atoms with E-state index in [9.17, 15) is 0 Å². The molecule has 1 aliphatic carbocycles. The maximum absolute atomic E-state index is 6.09. The van der Waals surface area contributed by atoms with Crippen molar-refractivity contribution < 1.29 is 0 Å². The minimum Gasteiger partial charge on any atom is -0.329 e. The van der Waals surface area contributed by atoms with Gasteiger partial charge in [0.1, 0.15) is 0 Å². The Labute approximate surface area is 105 Å². The third-order valence-electron chi connectivity index (χ3n) is 5.41. The van der Waals surface area contributed by atoms with Gasteiger partial charge in [0, 0.05) is 31.2 Å². The second kappa shape index (κ2) is 4.87. The largest absolute Gasteiger partial charge is 0.329 e. The van der Waals surface area contributed by atoms with Crippen LogP contribution in [0.25, 0.3) is 0 Å². The van der Waals surface area contributed by atoms with Crippen LogP contribution in [0.2, 0.25) is 0 Å². The van der Waals surface area contributed by atoms with Crippen LogP contribution in [-0.2, 0) is 0 Å². The summed E-state index contributed by atoms with van der Waals surface area (Å²) in [4.78, 5) is 5.46. The summed E-state index contributed by atoms with van der Waals surface area (Å²) >= 11 is 0. The summed E-state index contributed by atoms with van der Waals surface area (Å²) in [5.41, 5.74) is 6.48. The molecule has 1 saturated carbocycles. The van der Waals surface area contributed by atoms with E-state index in [4.69, 9.17) is 5.73 Å². The van der Waals surface area contributed by atoms with Crippen molar-refractivity contribution in [2.24, 2.45) is 5.73 Å². The molecule has 3 rings (SSSR count). The van der Waals surface area contributed by atoms with Crippen LogP contribution in [0.15, 0.2) is 0 Å². The maximum atomic E-state index is 6.09. The highest BCUT2D eigenvalue weighted by Gasteiger charge is 2.42. The Kier molecular flexibility index (Phi) is 3.42. The summed E-state index contributed by atoms with van der Waals surface area (Å²) in [6.07, 6.45) is 9.68. The molecule has 2 N–H and O–H groups in total. The van der Waals surface area contributed by atoms with E-state index in [2.05, 4.69) is 9.80 Å². The van der Waals surface area contributed by atoms with Crippen molar-refractivity contribution >= 4 is 0 Å². The zero-order valence-corrected chi connectivity index (χ0v) is 11.0. The van der Waals surface area contributed by atoms with Gasteiger partial charge in [0.05, 0.1) is 0 Å². The average Bonchev–Trinajstić information content (AvgIpc) is 3.10. The summed E-state index contributed by atoms with van der Waals surface area (Å²) < 4.78 is 0. The molecular formula is C14H27N3. The minimum absolute atomic E-state index is 0.383. The Morgan fingerprint density at radius 2 is 1.71 bits per heavy atom.